The molecule has 0 radical (unpaired) electrons. The Kier molecular flexibility index (Phi) is 4.50. The minimum atomic E-state index is 0.161. The zero-order valence-corrected chi connectivity index (χ0v) is 11.2. The molecule has 0 bridgehead atoms. The lowest BCUT2D eigenvalue weighted by Gasteiger charge is -2.11. The van der Waals surface area contributed by atoms with Crippen molar-refractivity contribution in [2.75, 3.05) is 19.7 Å². The first-order valence-corrected chi connectivity index (χ1v) is 6.59. The molecule has 1 unspecified atom stereocenters. The summed E-state index contributed by atoms with van der Waals surface area (Å²) in [6.45, 7) is 6.01. The van der Waals surface area contributed by atoms with E-state index in [9.17, 15) is 4.79 Å². The highest BCUT2D eigenvalue weighted by Crippen LogP contribution is 2.12. The summed E-state index contributed by atoms with van der Waals surface area (Å²) in [5.41, 5.74) is 3.00. The van der Waals surface area contributed by atoms with Gasteiger partial charge in [0.1, 0.15) is 0 Å². The number of rotatable bonds is 5. The van der Waals surface area contributed by atoms with E-state index in [1.54, 1.807) is 0 Å². The van der Waals surface area contributed by atoms with Gasteiger partial charge in [0.2, 0.25) is 0 Å². The van der Waals surface area contributed by atoms with Crippen LogP contribution in [0.2, 0.25) is 0 Å². The molecule has 2 rings (SSSR count). The quantitative estimate of drug-likeness (QED) is 0.811. The summed E-state index contributed by atoms with van der Waals surface area (Å²) in [6.07, 6.45) is 2.53. The number of benzene rings is 1. The van der Waals surface area contributed by atoms with Gasteiger partial charge in [-0.1, -0.05) is 17.7 Å². The first kappa shape index (κ1) is 13.2. The van der Waals surface area contributed by atoms with Crippen LogP contribution in [-0.2, 0) is 4.74 Å². The molecule has 3 heteroatoms. The summed E-state index contributed by atoms with van der Waals surface area (Å²) in [5, 5.41) is 3.20. The van der Waals surface area contributed by atoms with Crippen LogP contribution in [0.15, 0.2) is 18.2 Å². The maximum Gasteiger partial charge on any atom is 0.176 e. The number of nitrogens with one attached hydrogen (secondary N) is 1. The Bertz CT molecular complexity index is 423. The molecule has 1 aromatic carbocycles. The average Bonchev–Trinajstić information content (AvgIpc) is 2.85. The summed E-state index contributed by atoms with van der Waals surface area (Å²) in [7, 11) is 0. The molecular formula is C15H21NO2. The number of hydrogen-bond donors (Lipinski definition) is 1. The van der Waals surface area contributed by atoms with E-state index in [0.29, 0.717) is 6.54 Å². The Morgan fingerprint density at radius 3 is 3.00 bits per heavy atom. The minimum Gasteiger partial charge on any atom is -0.377 e. The van der Waals surface area contributed by atoms with Crippen LogP contribution in [0.5, 0.6) is 0 Å². The molecule has 0 amide bonds. The lowest BCUT2D eigenvalue weighted by molar-refractivity contribution is 0.0955. The highest BCUT2D eigenvalue weighted by Gasteiger charge is 2.15. The molecule has 1 heterocycles. The van der Waals surface area contributed by atoms with Crippen molar-refractivity contribution in [1.29, 1.82) is 0 Å². The monoisotopic (exact) mass is 247 g/mol. The fraction of sp³-hybridized carbons (Fsp3) is 0.533. The molecule has 1 N–H and O–H groups in total. The number of carbonyl (C=O) groups excluding carboxylic acids is 1. The second-order valence-electron chi connectivity index (χ2n) is 5.01. The summed E-state index contributed by atoms with van der Waals surface area (Å²) in [5.74, 6) is 0.161. The van der Waals surface area contributed by atoms with E-state index in [4.69, 9.17) is 4.74 Å². The molecular weight excluding hydrogens is 226 g/mol. The molecule has 1 aliphatic heterocycles. The third-order valence-electron chi connectivity index (χ3n) is 3.38. The molecule has 1 saturated heterocycles. The molecule has 0 spiro atoms. The Morgan fingerprint density at radius 1 is 1.44 bits per heavy atom. The van der Waals surface area contributed by atoms with Gasteiger partial charge in [-0.05, 0) is 38.3 Å². The SMILES string of the molecule is Cc1ccc(C)c(C(=O)CNCC2CCCO2)c1. The van der Waals surface area contributed by atoms with Crippen LogP contribution in [0.25, 0.3) is 0 Å². The van der Waals surface area contributed by atoms with Gasteiger partial charge in [0.05, 0.1) is 12.6 Å². The largest absolute Gasteiger partial charge is 0.377 e. The van der Waals surface area contributed by atoms with E-state index in [0.717, 1.165) is 42.7 Å². The lowest BCUT2D eigenvalue weighted by atomic mass is 10.0. The van der Waals surface area contributed by atoms with Crippen molar-refractivity contribution >= 4 is 5.78 Å². The number of aryl methyl sites for hydroxylation is 2. The van der Waals surface area contributed by atoms with Crippen molar-refractivity contribution in [3.8, 4) is 0 Å². The van der Waals surface area contributed by atoms with Crippen LogP contribution < -0.4 is 5.32 Å². The Balaban J connectivity index is 1.85. The molecule has 1 aliphatic rings. The number of ether oxygens (including phenoxy) is 1. The summed E-state index contributed by atoms with van der Waals surface area (Å²) in [6, 6.07) is 6.00. The van der Waals surface area contributed by atoms with Crippen molar-refractivity contribution in [2.24, 2.45) is 0 Å². The first-order chi connectivity index (χ1) is 8.66. The van der Waals surface area contributed by atoms with Gasteiger partial charge in [0, 0.05) is 18.7 Å². The molecule has 18 heavy (non-hydrogen) atoms. The normalized spacial score (nSPS) is 19.1. The van der Waals surface area contributed by atoms with Gasteiger partial charge in [0.15, 0.2) is 5.78 Å². The van der Waals surface area contributed by atoms with Crippen molar-refractivity contribution in [3.05, 3.63) is 34.9 Å². The summed E-state index contributed by atoms with van der Waals surface area (Å²) >= 11 is 0. The van der Waals surface area contributed by atoms with Gasteiger partial charge in [-0.15, -0.1) is 0 Å². The smallest absolute Gasteiger partial charge is 0.176 e. The van der Waals surface area contributed by atoms with Crippen LogP contribution in [0.3, 0.4) is 0 Å². The minimum absolute atomic E-state index is 0.161. The molecule has 3 nitrogen and oxygen atoms in total. The van der Waals surface area contributed by atoms with Gasteiger partial charge in [0.25, 0.3) is 0 Å². The van der Waals surface area contributed by atoms with E-state index in [1.165, 1.54) is 0 Å². The van der Waals surface area contributed by atoms with Gasteiger partial charge in [-0.3, -0.25) is 4.79 Å². The van der Waals surface area contributed by atoms with Gasteiger partial charge < -0.3 is 10.1 Å². The second kappa shape index (κ2) is 6.12. The Hall–Kier alpha value is -1.19. The highest BCUT2D eigenvalue weighted by atomic mass is 16.5. The number of Topliss-reactive ketones (excluding diaryl/α,β-unsaturated/α-hetero) is 1. The van der Waals surface area contributed by atoms with Crippen LogP contribution in [0.4, 0.5) is 0 Å². The lowest BCUT2D eigenvalue weighted by Crippen LogP contribution is -2.31. The number of hydrogen-bond acceptors (Lipinski definition) is 3. The fourth-order valence-electron chi connectivity index (χ4n) is 2.28. The van der Waals surface area contributed by atoms with Crippen LogP contribution in [0, 0.1) is 13.8 Å². The standard InChI is InChI=1S/C15H21NO2/c1-11-5-6-12(2)14(8-11)15(17)10-16-9-13-4-3-7-18-13/h5-6,8,13,16H,3-4,7,9-10H2,1-2H3. The van der Waals surface area contributed by atoms with Crippen molar-refractivity contribution in [2.45, 2.75) is 32.8 Å². The summed E-state index contributed by atoms with van der Waals surface area (Å²) in [4.78, 5) is 12.1. The van der Waals surface area contributed by atoms with Crippen molar-refractivity contribution in [3.63, 3.8) is 0 Å². The number of ketones is 1. The predicted molar refractivity (Wildman–Crippen MR) is 72.1 cm³/mol. The second-order valence-corrected chi connectivity index (χ2v) is 5.01. The van der Waals surface area contributed by atoms with Crippen molar-refractivity contribution < 1.29 is 9.53 Å². The van der Waals surface area contributed by atoms with E-state index < -0.39 is 0 Å². The molecule has 0 aromatic heterocycles. The van der Waals surface area contributed by atoms with E-state index in [-0.39, 0.29) is 11.9 Å². The zero-order valence-electron chi connectivity index (χ0n) is 11.2. The molecule has 1 aromatic rings. The van der Waals surface area contributed by atoms with E-state index >= 15 is 0 Å². The van der Waals surface area contributed by atoms with Gasteiger partial charge in [-0.2, -0.15) is 0 Å². The maximum absolute atomic E-state index is 12.1. The topological polar surface area (TPSA) is 38.3 Å². The van der Waals surface area contributed by atoms with Crippen LogP contribution in [0.1, 0.15) is 34.3 Å². The third-order valence-corrected chi connectivity index (χ3v) is 3.38. The Labute approximate surface area is 109 Å². The molecule has 0 aliphatic carbocycles. The molecule has 98 valence electrons. The predicted octanol–water partition coefficient (Wildman–Crippen LogP) is 2.25. The average molecular weight is 247 g/mol. The fourth-order valence-corrected chi connectivity index (χ4v) is 2.28. The van der Waals surface area contributed by atoms with Crippen molar-refractivity contribution in [1.82, 2.24) is 5.32 Å². The summed E-state index contributed by atoms with van der Waals surface area (Å²) < 4.78 is 5.51. The van der Waals surface area contributed by atoms with E-state index in [1.807, 2.05) is 32.0 Å². The van der Waals surface area contributed by atoms with Gasteiger partial charge in [-0.25, -0.2) is 0 Å². The maximum atomic E-state index is 12.1. The third kappa shape index (κ3) is 3.40. The van der Waals surface area contributed by atoms with Crippen LogP contribution in [-0.4, -0.2) is 31.6 Å². The highest BCUT2D eigenvalue weighted by molar-refractivity contribution is 5.99. The van der Waals surface area contributed by atoms with E-state index in [2.05, 4.69) is 5.32 Å². The molecule has 1 atom stereocenters. The first-order valence-electron chi connectivity index (χ1n) is 6.59. The molecule has 0 saturated carbocycles. The van der Waals surface area contributed by atoms with Gasteiger partial charge >= 0.3 is 0 Å². The number of carbonyl (C=O) groups is 1. The van der Waals surface area contributed by atoms with Crippen LogP contribution >= 0.6 is 0 Å². The zero-order chi connectivity index (χ0) is 13.0. The Morgan fingerprint density at radius 2 is 2.28 bits per heavy atom. The molecule has 1 fully saturated rings.